The van der Waals surface area contributed by atoms with Gasteiger partial charge in [-0.2, -0.15) is 0 Å². The fraction of sp³-hybridized carbons (Fsp3) is 0.0435. The van der Waals surface area contributed by atoms with Gasteiger partial charge in [0, 0.05) is 16.8 Å². The Morgan fingerprint density at radius 3 is 2.15 bits per heavy atom. The van der Waals surface area contributed by atoms with Gasteiger partial charge in [-0.05, 0) is 54.1 Å². The molecule has 0 saturated carbocycles. The van der Waals surface area contributed by atoms with Crippen molar-refractivity contribution in [3.05, 3.63) is 94.9 Å². The number of carbonyl (C=O) groups excluding carboxylic acids is 2. The molecule has 1 aliphatic heterocycles. The lowest BCUT2D eigenvalue weighted by Crippen LogP contribution is -2.41. The maximum atomic E-state index is 12.3. The van der Waals surface area contributed by atoms with Gasteiger partial charge in [0.15, 0.2) is 11.5 Å². The number of hydrogen-bond acceptors (Lipinski definition) is 6. The van der Waals surface area contributed by atoms with Crippen molar-refractivity contribution in [2.75, 3.05) is 11.5 Å². The van der Waals surface area contributed by atoms with Crippen molar-refractivity contribution < 1.29 is 27.5 Å². The molecule has 0 fully saturated rings. The van der Waals surface area contributed by atoms with E-state index in [1.54, 1.807) is 36.4 Å². The number of fused-ring (bicyclic) bond motifs is 1. The number of hydrogen-bond donors (Lipinski definition) is 3. The quantitative estimate of drug-likeness (QED) is 0.481. The molecule has 0 unspecified atom stereocenters. The van der Waals surface area contributed by atoms with Gasteiger partial charge in [-0.15, -0.1) is 0 Å². The topological polar surface area (TPSA) is 123 Å². The first-order valence-electron chi connectivity index (χ1n) is 9.76. The predicted octanol–water partition coefficient (Wildman–Crippen LogP) is 2.90. The van der Waals surface area contributed by atoms with Crippen molar-refractivity contribution in [2.45, 2.75) is 0 Å². The molecule has 3 aromatic rings. The van der Waals surface area contributed by atoms with Crippen LogP contribution in [0.5, 0.6) is 11.5 Å². The molecule has 0 radical (unpaired) electrons. The number of hydrazine groups is 1. The molecule has 0 aromatic heterocycles. The third-order valence-corrected chi connectivity index (χ3v) is 5.59. The van der Waals surface area contributed by atoms with Crippen molar-refractivity contribution >= 4 is 33.6 Å². The third-order valence-electron chi connectivity index (χ3n) is 4.57. The van der Waals surface area contributed by atoms with Gasteiger partial charge in [0.05, 0.1) is 5.41 Å². The van der Waals surface area contributed by atoms with Crippen LogP contribution in [0.25, 0.3) is 6.08 Å². The van der Waals surface area contributed by atoms with Crippen molar-refractivity contribution in [3.8, 4) is 11.5 Å². The summed E-state index contributed by atoms with van der Waals surface area (Å²) in [6.45, 7) is 0.0899. The highest BCUT2D eigenvalue weighted by molar-refractivity contribution is 7.95. The summed E-state index contributed by atoms with van der Waals surface area (Å²) in [4.78, 5) is 24.6. The van der Waals surface area contributed by atoms with Gasteiger partial charge in [-0.1, -0.05) is 30.3 Å². The van der Waals surface area contributed by atoms with Gasteiger partial charge in [-0.25, -0.2) is 8.42 Å². The first kappa shape index (κ1) is 21.9. The van der Waals surface area contributed by atoms with Crippen LogP contribution in [-0.4, -0.2) is 27.0 Å². The van der Waals surface area contributed by atoms with E-state index < -0.39 is 21.8 Å². The molecule has 0 saturated heterocycles. The largest absolute Gasteiger partial charge is 0.454 e. The number of carbonyl (C=O) groups is 2. The lowest BCUT2D eigenvalue weighted by atomic mass is 10.2. The lowest BCUT2D eigenvalue weighted by molar-refractivity contribution is 0.0846. The van der Waals surface area contributed by atoms with Gasteiger partial charge in [0.25, 0.3) is 21.8 Å². The molecule has 3 aromatic carbocycles. The molecule has 10 heteroatoms. The van der Waals surface area contributed by atoms with Crippen LogP contribution < -0.4 is 25.0 Å². The Bertz CT molecular complexity index is 1310. The van der Waals surface area contributed by atoms with Crippen LogP contribution in [0.1, 0.15) is 26.3 Å². The Morgan fingerprint density at radius 1 is 0.788 bits per heavy atom. The molecular formula is C23H19N3O6S. The van der Waals surface area contributed by atoms with Crippen LogP contribution in [0.2, 0.25) is 0 Å². The minimum absolute atomic E-state index is 0.0899. The Hall–Kier alpha value is -4.31. The second-order valence-corrected chi connectivity index (χ2v) is 8.48. The first-order chi connectivity index (χ1) is 15.9. The Labute approximate surface area is 190 Å². The summed E-state index contributed by atoms with van der Waals surface area (Å²) in [5.74, 6) is -0.105. The smallest absolute Gasteiger partial charge is 0.269 e. The van der Waals surface area contributed by atoms with Gasteiger partial charge < -0.3 is 9.47 Å². The van der Waals surface area contributed by atoms with E-state index in [2.05, 4.69) is 15.6 Å². The third kappa shape index (κ3) is 5.69. The van der Waals surface area contributed by atoms with Crippen LogP contribution in [0.15, 0.2) is 78.2 Å². The molecule has 1 heterocycles. The summed E-state index contributed by atoms with van der Waals surface area (Å²) in [6.07, 6.45) is 1.48. The molecule has 9 nitrogen and oxygen atoms in total. The van der Waals surface area contributed by atoms with Gasteiger partial charge >= 0.3 is 0 Å². The number of rotatable bonds is 6. The summed E-state index contributed by atoms with van der Waals surface area (Å²) in [5.41, 5.74) is 6.17. The number of ether oxygens (including phenoxy) is 2. The summed E-state index contributed by atoms with van der Waals surface area (Å²) in [6, 6.07) is 19.4. The Kier molecular flexibility index (Phi) is 6.27. The zero-order chi connectivity index (χ0) is 23.3. The fourth-order valence-electron chi connectivity index (χ4n) is 2.92. The summed E-state index contributed by atoms with van der Waals surface area (Å²) in [7, 11) is -3.73. The molecule has 0 bridgehead atoms. The maximum absolute atomic E-state index is 12.3. The van der Waals surface area contributed by atoms with Crippen LogP contribution in [0.4, 0.5) is 5.69 Å². The van der Waals surface area contributed by atoms with Crippen molar-refractivity contribution in [2.24, 2.45) is 0 Å². The van der Waals surface area contributed by atoms with Crippen molar-refractivity contribution in [3.63, 3.8) is 0 Å². The summed E-state index contributed by atoms with van der Waals surface area (Å²) >= 11 is 0. The van der Waals surface area contributed by atoms with Crippen molar-refractivity contribution in [1.82, 2.24) is 10.9 Å². The highest BCUT2D eigenvalue weighted by Crippen LogP contribution is 2.32. The van der Waals surface area contributed by atoms with Crippen molar-refractivity contribution in [1.29, 1.82) is 0 Å². The second-order valence-electron chi connectivity index (χ2n) is 6.91. The summed E-state index contributed by atoms with van der Waals surface area (Å²) in [5, 5.41) is 1.06. The Balaban J connectivity index is 1.32. The van der Waals surface area contributed by atoms with Gasteiger partial charge in [-0.3, -0.25) is 25.2 Å². The zero-order valence-corrected chi connectivity index (χ0v) is 18.0. The van der Waals surface area contributed by atoms with Crippen LogP contribution in [0.3, 0.4) is 0 Å². The van der Waals surface area contributed by atoms with Crippen LogP contribution >= 0.6 is 0 Å². The SMILES string of the molecule is O=C(NNC(=O)c1ccc2c(c1)OCO2)c1ccc(NS(=O)(=O)C=Cc2ccccc2)cc1. The van der Waals surface area contributed by atoms with E-state index in [9.17, 15) is 18.0 Å². The standard InChI is InChI=1S/C23H19N3O6S/c27-22(24-25-23(28)18-8-11-20-21(14-18)32-15-31-20)17-6-9-19(10-7-17)26-33(29,30)13-12-16-4-2-1-3-5-16/h1-14,26H,15H2,(H,24,27)(H,25,28). The highest BCUT2D eigenvalue weighted by atomic mass is 32.2. The molecule has 168 valence electrons. The molecule has 33 heavy (non-hydrogen) atoms. The number of nitrogens with one attached hydrogen (secondary N) is 3. The Morgan fingerprint density at radius 2 is 1.42 bits per heavy atom. The van der Waals surface area contributed by atoms with E-state index in [1.165, 1.54) is 36.4 Å². The molecule has 2 amide bonds. The van der Waals surface area contributed by atoms with E-state index in [0.717, 1.165) is 11.0 Å². The minimum atomic E-state index is -3.73. The molecular weight excluding hydrogens is 446 g/mol. The van der Waals surface area contributed by atoms with E-state index in [0.29, 0.717) is 11.5 Å². The van der Waals surface area contributed by atoms with E-state index in [1.807, 2.05) is 6.07 Å². The molecule has 3 N–H and O–H groups in total. The average Bonchev–Trinajstić information content (AvgIpc) is 3.30. The minimum Gasteiger partial charge on any atom is -0.454 e. The number of amides is 2. The fourth-order valence-corrected chi connectivity index (χ4v) is 3.78. The van der Waals surface area contributed by atoms with E-state index >= 15 is 0 Å². The highest BCUT2D eigenvalue weighted by Gasteiger charge is 2.17. The van der Waals surface area contributed by atoms with Gasteiger partial charge in [0.1, 0.15) is 0 Å². The molecule has 0 spiro atoms. The molecule has 0 atom stereocenters. The number of benzene rings is 3. The second kappa shape index (κ2) is 9.45. The molecule has 1 aliphatic rings. The summed E-state index contributed by atoms with van der Waals surface area (Å²) < 4.78 is 37.3. The van der Waals surface area contributed by atoms with Gasteiger partial charge in [0.2, 0.25) is 6.79 Å². The molecule has 0 aliphatic carbocycles. The predicted molar refractivity (Wildman–Crippen MR) is 122 cm³/mol. The van der Waals surface area contributed by atoms with Crippen LogP contribution in [0, 0.1) is 0 Å². The molecule has 4 rings (SSSR count). The average molecular weight is 465 g/mol. The lowest BCUT2D eigenvalue weighted by Gasteiger charge is -2.09. The number of sulfonamides is 1. The first-order valence-corrected chi connectivity index (χ1v) is 11.3. The van der Waals surface area contributed by atoms with E-state index in [4.69, 9.17) is 9.47 Å². The maximum Gasteiger partial charge on any atom is 0.269 e. The van der Waals surface area contributed by atoms with Crippen LogP contribution in [-0.2, 0) is 10.0 Å². The number of anilines is 1. The van der Waals surface area contributed by atoms with E-state index in [-0.39, 0.29) is 23.6 Å². The zero-order valence-electron chi connectivity index (χ0n) is 17.1. The monoisotopic (exact) mass is 465 g/mol. The normalized spacial score (nSPS) is 12.4.